The molecular formula is C36H55N3O3. The Balaban J connectivity index is 0.000000590. The smallest absolute Gasteiger partial charge is 0.187 e. The number of benzene rings is 2. The Morgan fingerprint density at radius 1 is 1.07 bits per heavy atom. The third kappa shape index (κ3) is 10.3. The average molecular weight is 578 g/mol. The summed E-state index contributed by atoms with van der Waals surface area (Å²) in [5.74, 6) is 3.29. The van der Waals surface area contributed by atoms with Crippen LogP contribution in [0.4, 0.5) is 0 Å². The lowest BCUT2D eigenvalue weighted by Gasteiger charge is -2.37. The van der Waals surface area contributed by atoms with Crippen LogP contribution >= 0.6 is 0 Å². The highest BCUT2D eigenvalue weighted by molar-refractivity contribution is 5.78. The Bertz CT molecular complexity index is 1190. The van der Waals surface area contributed by atoms with Crippen molar-refractivity contribution < 1.29 is 14.6 Å². The number of rotatable bonds is 11. The molecule has 2 aromatic carbocycles. The molecule has 0 bridgehead atoms. The summed E-state index contributed by atoms with van der Waals surface area (Å²) in [6.45, 7) is 18.6. The monoisotopic (exact) mass is 577 g/mol. The third-order valence-corrected chi connectivity index (χ3v) is 8.17. The fourth-order valence-corrected chi connectivity index (χ4v) is 5.17. The van der Waals surface area contributed by atoms with Gasteiger partial charge in [-0.3, -0.25) is 0 Å². The van der Waals surface area contributed by atoms with E-state index in [1.54, 1.807) is 0 Å². The van der Waals surface area contributed by atoms with Crippen LogP contribution in [0.5, 0.6) is 5.75 Å². The number of aryl methyl sites for hydroxylation is 2. The van der Waals surface area contributed by atoms with Gasteiger partial charge in [0.25, 0.3) is 0 Å². The van der Waals surface area contributed by atoms with Crippen LogP contribution in [0.3, 0.4) is 0 Å². The van der Waals surface area contributed by atoms with Crippen molar-refractivity contribution in [2.45, 2.75) is 93.7 Å². The zero-order valence-electron chi connectivity index (χ0n) is 27.3. The lowest BCUT2D eigenvalue weighted by Crippen LogP contribution is -2.44. The highest BCUT2D eigenvalue weighted by Gasteiger charge is 2.30. The van der Waals surface area contributed by atoms with Crippen LogP contribution in [0.15, 0.2) is 53.9 Å². The summed E-state index contributed by atoms with van der Waals surface area (Å²) in [5, 5.41) is 19.9. The maximum Gasteiger partial charge on any atom is 0.187 e. The van der Waals surface area contributed by atoms with Crippen molar-refractivity contribution in [3.05, 3.63) is 76.2 Å². The predicted octanol–water partition coefficient (Wildman–Crippen LogP) is 7.76. The number of dihydropyridines is 1. The van der Waals surface area contributed by atoms with E-state index < -0.39 is 0 Å². The number of ether oxygens (including phenoxy) is 2. The van der Waals surface area contributed by atoms with Gasteiger partial charge in [0.05, 0.1) is 6.61 Å². The predicted molar refractivity (Wildman–Crippen MR) is 177 cm³/mol. The Kier molecular flexibility index (Phi) is 14.9. The molecule has 1 aliphatic carbocycles. The summed E-state index contributed by atoms with van der Waals surface area (Å²) in [6, 6.07) is 11.0. The summed E-state index contributed by atoms with van der Waals surface area (Å²) in [5.41, 5.74) is 14.8. The van der Waals surface area contributed by atoms with Gasteiger partial charge in [0, 0.05) is 31.3 Å². The fourth-order valence-electron chi connectivity index (χ4n) is 5.17. The molecule has 232 valence electrons. The van der Waals surface area contributed by atoms with Crippen LogP contribution in [0.25, 0.3) is 11.1 Å². The highest BCUT2D eigenvalue weighted by Crippen LogP contribution is 2.34. The first-order chi connectivity index (χ1) is 20.1. The topological polar surface area (TPSA) is 101 Å². The van der Waals surface area contributed by atoms with Crippen LogP contribution in [0.2, 0.25) is 0 Å². The molecule has 6 nitrogen and oxygen atoms in total. The minimum absolute atomic E-state index is 0.137. The highest BCUT2D eigenvalue weighted by atomic mass is 16.5. The van der Waals surface area contributed by atoms with E-state index in [4.69, 9.17) is 25.7 Å². The summed E-state index contributed by atoms with van der Waals surface area (Å²) in [7, 11) is 0. The largest absolute Gasteiger partial charge is 0.493 e. The average Bonchev–Trinajstić information content (AvgIpc) is 2.98. The van der Waals surface area contributed by atoms with Crippen molar-refractivity contribution >= 4 is 5.71 Å². The van der Waals surface area contributed by atoms with Gasteiger partial charge < -0.3 is 31.0 Å². The molecule has 0 amide bonds. The Morgan fingerprint density at radius 3 is 2.26 bits per heavy atom. The minimum Gasteiger partial charge on any atom is -0.493 e. The minimum atomic E-state index is 0.137. The number of nitrogens with two attached hydrogens (primary N) is 1. The van der Waals surface area contributed by atoms with Gasteiger partial charge in [0.2, 0.25) is 0 Å². The lowest BCUT2D eigenvalue weighted by atomic mass is 9.72. The van der Waals surface area contributed by atoms with Crippen molar-refractivity contribution in [3.8, 4) is 16.9 Å². The molecule has 2 aromatic rings. The number of aliphatic hydroxyl groups is 1. The van der Waals surface area contributed by atoms with Gasteiger partial charge in [0.15, 0.2) is 5.88 Å². The first kappa shape index (κ1) is 35.1. The molecule has 1 saturated carbocycles. The maximum atomic E-state index is 8.97. The van der Waals surface area contributed by atoms with E-state index in [2.05, 4.69) is 76.3 Å². The number of nitrogens with one attached hydrogen (secondary N) is 2. The van der Waals surface area contributed by atoms with Gasteiger partial charge in [-0.1, -0.05) is 57.5 Å². The van der Waals surface area contributed by atoms with Crippen LogP contribution in [0, 0.1) is 38.0 Å². The van der Waals surface area contributed by atoms with E-state index in [-0.39, 0.29) is 6.61 Å². The summed E-state index contributed by atoms with van der Waals surface area (Å²) in [4.78, 5) is 0. The first-order valence-electron chi connectivity index (χ1n) is 15.6. The van der Waals surface area contributed by atoms with E-state index in [1.807, 2.05) is 26.8 Å². The van der Waals surface area contributed by atoms with Crippen molar-refractivity contribution in [2.75, 3.05) is 19.8 Å². The van der Waals surface area contributed by atoms with E-state index >= 15 is 0 Å². The second kappa shape index (κ2) is 17.8. The zero-order valence-corrected chi connectivity index (χ0v) is 27.3. The molecule has 1 fully saturated rings. The maximum absolute atomic E-state index is 8.97. The molecule has 4 rings (SSSR count). The third-order valence-electron chi connectivity index (χ3n) is 8.17. The van der Waals surface area contributed by atoms with Gasteiger partial charge in [-0.05, 0) is 110 Å². The molecule has 3 atom stereocenters. The van der Waals surface area contributed by atoms with E-state index in [0.717, 1.165) is 48.4 Å². The second-order valence-electron chi connectivity index (χ2n) is 11.5. The van der Waals surface area contributed by atoms with E-state index in [0.29, 0.717) is 31.4 Å². The van der Waals surface area contributed by atoms with Gasteiger partial charge in [0.1, 0.15) is 12.4 Å². The van der Waals surface area contributed by atoms with Gasteiger partial charge in [-0.15, -0.1) is 0 Å². The van der Waals surface area contributed by atoms with E-state index in [9.17, 15) is 0 Å². The quantitative estimate of drug-likeness (QED) is 0.161. The molecule has 6 heteroatoms. The fraction of sp³-hybridized carbons (Fsp3) is 0.528. The molecule has 3 unspecified atom stereocenters. The van der Waals surface area contributed by atoms with Crippen LogP contribution in [0.1, 0.15) is 82.6 Å². The Labute approximate surface area is 254 Å². The number of aliphatic hydroxyl groups excluding tert-OH is 1. The Morgan fingerprint density at radius 2 is 1.76 bits per heavy atom. The van der Waals surface area contributed by atoms with Crippen LogP contribution in [-0.4, -0.2) is 36.6 Å². The molecule has 42 heavy (non-hydrogen) atoms. The summed E-state index contributed by atoms with van der Waals surface area (Å²) < 4.78 is 11.9. The molecule has 0 saturated heterocycles. The zero-order chi connectivity index (χ0) is 31.2. The Hall–Kier alpha value is -3.09. The van der Waals surface area contributed by atoms with Crippen LogP contribution in [-0.2, 0) is 11.3 Å². The van der Waals surface area contributed by atoms with Crippen molar-refractivity contribution in [1.82, 2.24) is 5.32 Å². The summed E-state index contributed by atoms with van der Waals surface area (Å²) >= 11 is 0. The lowest BCUT2D eigenvalue weighted by molar-refractivity contribution is 0.173. The standard InChI is InChI=1S/C28H36N2O3.C6H13N.C2H6/c1-19-15-25(32-14-6-13-31)16-20(2)28(19)26-8-5-7-24(22(26)4)18-33-27-12-11-23(17-30-27)10-9-21(3)29;1-4-3-6(7)5(4)2;1-2/h5,7-8,11-12,15-16,29-31H,6,9-10,13-14,17-18H2,1-4H3;4-6H,3,7H2,1-2H3;1-2H3. The first-order valence-corrected chi connectivity index (χ1v) is 15.6. The number of hydrogen-bond acceptors (Lipinski definition) is 6. The molecular weight excluding hydrogens is 522 g/mol. The molecule has 0 spiro atoms. The molecule has 5 N–H and O–H groups in total. The molecule has 2 aliphatic rings. The van der Waals surface area contributed by atoms with Crippen molar-refractivity contribution in [1.29, 1.82) is 5.41 Å². The summed E-state index contributed by atoms with van der Waals surface area (Å²) in [6.07, 6.45) is 7.68. The molecule has 1 aliphatic heterocycles. The second-order valence-corrected chi connectivity index (χ2v) is 11.5. The normalized spacial score (nSPS) is 19.0. The number of allylic oxidation sites excluding steroid dienone is 2. The van der Waals surface area contributed by atoms with Crippen molar-refractivity contribution in [2.24, 2.45) is 17.6 Å². The molecule has 0 aromatic heterocycles. The SMILES string of the molecule is CC.CC(=N)CCC1=CC=C(OCc2cccc(-c3c(C)cc(OCCCO)cc3C)c2C)NC1.CC1CC(N)C1C. The molecule has 0 radical (unpaired) electrons. The molecule has 1 heterocycles. The number of hydrogen-bond donors (Lipinski definition) is 4. The van der Waals surface area contributed by atoms with Gasteiger partial charge in [-0.25, -0.2) is 0 Å². The van der Waals surface area contributed by atoms with Crippen LogP contribution < -0.4 is 15.8 Å². The van der Waals surface area contributed by atoms with Gasteiger partial charge >= 0.3 is 0 Å². The van der Waals surface area contributed by atoms with Gasteiger partial charge in [-0.2, -0.15) is 0 Å². The van der Waals surface area contributed by atoms with E-state index in [1.165, 1.54) is 39.8 Å². The van der Waals surface area contributed by atoms with Crippen molar-refractivity contribution in [3.63, 3.8) is 0 Å².